The third-order valence-corrected chi connectivity index (χ3v) is 6.76. The SMILES string of the molecule is CC#CC(=O)N1CCC(N2NC(c3ccc(Oc4ccccc4F)cc3)C3C(N)NNC(=O)C32)C1. The van der Waals surface area contributed by atoms with Crippen molar-refractivity contribution < 1.29 is 18.7 Å². The number of benzene rings is 2. The minimum absolute atomic E-state index is 0.0604. The van der Waals surface area contributed by atoms with Crippen LogP contribution in [0.5, 0.6) is 11.5 Å². The summed E-state index contributed by atoms with van der Waals surface area (Å²) in [4.78, 5) is 26.9. The number of carbonyl (C=O) groups is 2. The summed E-state index contributed by atoms with van der Waals surface area (Å²) in [5.74, 6) is 4.79. The van der Waals surface area contributed by atoms with Crippen molar-refractivity contribution in [3.63, 3.8) is 0 Å². The van der Waals surface area contributed by atoms with Crippen LogP contribution in [0.4, 0.5) is 4.39 Å². The summed E-state index contributed by atoms with van der Waals surface area (Å²) in [5, 5.41) is 1.95. The zero-order valence-corrected chi connectivity index (χ0v) is 19.2. The molecule has 0 aromatic heterocycles. The molecule has 0 saturated carbocycles. The highest BCUT2D eigenvalue weighted by Crippen LogP contribution is 2.39. The topological polar surface area (TPSA) is 112 Å². The first kappa shape index (κ1) is 23.3. The van der Waals surface area contributed by atoms with Crippen molar-refractivity contribution in [1.29, 1.82) is 0 Å². The fourth-order valence-corrected chi connectivity index (χ4v) is 5.09. The van der Waals surface area contributed by atoms with Gasteiger partial charge in [-0.25, -0.2) is 20.3 Å². The molecule has 10 heteroatoms. The fraction of sp³-hybridized carbons (Fsp3) is 0.360. The molecule has 0 bridgehead atoms. The fourth-order valence-electron chi connectivity index (χ4n) is 5.09. The lowest BCUT2D eigenvalue weighted by molar-refractivity contribution is -0.132. The maximum atomic E-state index is 13.9. The predicted octanol–water partition coefficient (Wildman–Crippen LogP) is 1.01. The van der Waals surface area contributed by atoms with Gasteiger partial charge in [0.15, 0.2) is 11.6 Å². The molecule has 2 amide bonds. The summed E-state index contributed by atoms with van der Waals surface area (Å²) in [7, 11) is 0. The third-order valence-electron chi connectivity index (χ3n) is 6.76. The number of rotatable bonds is 4. The number of hydrogen-bond acceptors (Lipinski definition) is 7. The number of nitrogens with two attached hydrogens (primary N) is 1. The lowest BCUT2D eigenvalue weighted by atomic mass is 9.85. The van der Waals surface area contributed by atoms with Crippen molar-refractivity contribution in [2.45, 2.75) is 37.6 Å². The van der Waals surface area contributed by atoms with Gasteiger partial charge in [0.2, 0.25) is 0 Å². The van der Waals surface area contributed by atoms with Crippen LogP contribution in [0.1, 0.15) is 24.9 Å². The first-order valence-electron chi connectivity index (χ1n) is 11.6. The number of amides is 2. The first-order chi connectivity index (χ1) is 17.0. The maximum Gasteiger partial charge on any atom is 0.298 e. The predicted molar refractivity (Wildman–Crippen MR) is 126 cm³/mol. The van der Waals surface area contributed by atoms with E-state index in [9.17, 15) is 14.0 Å². The molecule has 0 spiro atoms. The second-order valence-electron chi connectivity index (χ2n) is 8.87. The summed E-state index contributed by atoms with van der Waals surface area (Å²) in [6, 6.07) is 12.7. The Kier molecular flexibility index (Phi) is 6.40. The number of carbonyl (C=O) groups excluding carboxylic acids is 2. The summed E-state index contributed by atoms with van der Waals surface area (Å²) in [6.45, 7) is 2.68. The summed E-state index contributed by atoms with van der Waals surface area (Å²) in [6.07, 6.45) is 0.227. The van der Waals surface area contributed by atoms with Crippen molar-refractivity contribution >= 4 is 11.8 Å². The van der Waals surface area contributed by atoms with Gasteiger partial charge >= 0.3 is 0 Å². The van der Waals surface area contributed by atoms with E-state index in [1.807, 2.05) is 17.1 Å². The highest BCUT2D eigenvalue weighted by atomic mass is 19.1. The molecule has 3 saturated heterocycles. The van der Waals surface area contributed by atoms with Crippen LogP contribution in [0.15, 0.2) is 48.5 Å². The Morgan fingerprint density at radius 3 is 2.71 bits per heavy atom. The standard InChI is InChI=1S/C25H27FN6O3/c1-2-5-20(33)31-13-12-16(14-31)32-23-21(24(27)28-29-25(23)34)22(30-32)15-8-10-17(11-9-15)35-19-7-4-3-6-18(19)26/h3-4,6-11,16,21-24,28,30H,12-14,27H2,1H3,(H,29,34). The van der Waals surface area contributed by atoms with Gasteiger partial charge in [0.25, 0.3) is 11.8 Å². The van der Waals surface area contributed by atoms with E-state index < -0.39 is 18.0 Å². The largest absolute Gasteiger partial charge is 0.454 e. The van der Waals surface area contributed by atoms with Crippen molar-refractivity contribution in [2.75, 3.05) is 13.1 Å². The number of halogens is 1. The minimum atomic E-state index is -0.511. The summed E-state index contributed by atoms with van der Waals surface area (Å²) < 4.78 is 19.6. The maximum absolute atomic E-state index is 13.9. The van der Waals surface area contributed by atoms with E-state index in [4.69, 9.17) is 10.5 Å². The molecule has 3 aliphatic rings. The average Bonchev–Trinajstić information content (AvgIpc) is 3.50. The van der Waals surface area contributed by atoms with E-state index in [2.05, 4.69) is 28.1 Å². The van der Waals surface area contributed by atoms with Gasteiger partial charge in [-0.1, -0.05) is 30.2 Å². The van der Waals surface area contributed by atoms with Crippen LogP contribution < -0.4 is 26.7 Å². The number of para-hydroxylation sites is 1. The van der Waals surface area contributed by atoms with Crippen LogP contribution in [0.2, 0.25) is 0 Å². The van der Waals surface area contributed by atoms with E-state index in [1.54, 1.807) is 42.2 Å². The van der Waals surface area contributed by atoms with Crippen LogP contribution >= 0.6 is 0 Å². The van der Waals surface area contributed by atoms with E-state index in [0.29, 0.717) is 25.3 Å². The molecular weight excluding hydrogens is 451 g/mol. The molecule has 2 aromatic carbocycles. The minimum Gasteiger partial charge on any atom is -0.454 e. The number of nitrogens with one attached hydrogen (secondary N) is 3. The van der Waals surface area contributed by atoms with E-state index in [-0.39, 0.29) is 35.6 Å². The van der Waals surface area contributed by atoms with Crippen LogP contribution in [-0.2, 0) is 9.59 Å². The Hall–Kier alpha value is -3.49. The zero-order valence-electron chi connectivity index (χ0n) is 19.2. The first-order valence-corrected chi connectivity index (χ1v) is 11.6. The molecule has 3 heterocycles. The van der Waals surface area contributed by atoms with E-state index in [0.717, 1.165) is 5.56 Å². The molecule has 3 fully saturated rings. The molecule has 2 aromatic rings. The number of likely N-dealkylation sites (tertiary alicyclic amines) is 1. The summed E-state index contributed by atoms with van der Waals surface area (Å²) in [5.41, 5.74) is 16.3. The molecule has 3 aliphatic heterocycles. The van der Waals surface area contributed by atoms with Gasteiger partial charge < -0.3 is 15.4 Å². The molecule has 0 aliphatic carbocycles. The molecule has 0 radical (unpaired) electrons. The Morgan fingerprint density at radius 1 is 1.20 bits per heavy atom. The van der Waals surface area contributed by atoms with Gasteiger partial charge in [0, 0.05) is 25.0 Å². The molecule has 5 atom stereocenters. The van der Waals surface area contributed by atoms with Crippen molar-refractivity contribution in [3.8, 4) is 23.3 Å². The molecule has 5 unspecified atom stereocenters. The van der Waals surface area contributed by atoms with Crippen molar-refractivity contribution in [2.24, 2.45) is 11.7 Å². The quantitative estimate of drug-likeness (QED) is 0.486. The molecule has 35 heavy (non-hydrogen) atoms. The Bertz CT molecular complexity index is 1180. The normalized spacial score (nSPS) is 28.1. The Labute approximate surface area is 202 Å². The molecule has 9 nitrogen and oxygen atoms in total. The van der Waals surface area contributed by atoms with E-state index >= 15 is 0 Å². The monoisotopic (exact) mass is 478 g/mol. The van der Waals surface area contributed by atoms with Crippen LogP contribution in [0.25, 0.3) is 0 Å². The van der Waals surface area contributed by atoms with Gasteiger partial charge in [-0.05, 0) is 49.1 Å². The van der Waals surface area contributed by atoms with E-state index in [1.165, 1.54) is 6.07 Å². The van der Waals surface area contributed by atoms with Crippen LogP contribution in [-0.4, -0.2) is 53.1 Å². The number of nitrogens with zero attached hydrogens (tertiary/aromatic N) is 2. The number of hydrazine groups is 2. The molecule has 182 valence electrons. The second kappa shape index (κ2) is 9.64. The third kappa shape index (κ3) is 4.47. The second-order valence-corrected chi connectivity index (χ2v) is 8.87. The van der Waals surface area contributed by atoms with Crippen LogP contribution in [0.3, 0.4) is 0 Å². The number of fused-ring (bicyclic) bond motifs is 1. The smallest absolute Gasteiger partial charge is 0.298 e. The Morgan fingerprint density at radius 2 is 1.97 bits per heavy atom. The number of hydrogen-bond donors (Lipinski definition) is 4. The highest BCUT2D eigenvalue weighted by molar-refractivity contribution is 5.93. The van der Waals surface area contributed by atoms with Gasteiger partial charge in [-0.15, -0.1) is 0 Å². The molecular formula is C25H27FN6O3. The average molecular weight is 479 g/mol. The Balaban J connectivity index is 1.37. The van der Waals surface area contributed by atoms with Gasteiger partial charge in [-0.2, -0.15) is 0 Å². The lowest BCUT2D eigenvalue weighted by Gasteiger charge is -2.36. The highest BCUT2D eigenvalue weighted by Gasteiger charge is 2.54. The number of ether oxygens (including phenoxy) is 1. The molecule has 5 N–H and O–H groups in total. The van der Waals surface area contributed by atoms with Gasteiger partial charge in [0.1, 0.15) is 11.8 Å². The molecule has 5 rings (SSSR count). The summed E-state index contributed by atoms with van der Waals surface area (Å²) >= 11 is 0. The van der Waals surface area contributed by atoms with Crippen LogP contribution in [0, 0.1) is 23.6 Å². The van der Waals surface area contributed by atoms with Gasteiger partial charge in [0.05, 0.1) is 12.2 Å². The van der Waals surface area contributed by atoms with Crippen molar-refractivity contribution in [3.05, 3.63) is 59.9 Å². The van der Waals surface area contributed by atoms with Gasteiger partial charge in [-0.3, -0.25) is 15.0 Å². The van der Waals surface area contributed by atoms with Crippen molar-refractivity contribution in [1.82, 2.24) is 26.2 Å². The zero-order chi connectivity index (χ0) is 24.5. The lowest BCUT2D eigenvalue weighted by Crippen LogP contribution is -2.67.